The molecule has 0 bridgehead atoms. The number of anilines is 1. The number of hydrogen-bond donors (Lipinski definition) is 0. The second-order valence-electron chi connectivity index (χ2n) is 5.84. The molecule has 2 heterocycles. The van der Waals surface area contributed by atoms with Gasteiger partial charge in [-0.15, -0.1) is 11.3 Å². The lowest BCUT2D eigenvalue weighted by atomic mass is 9.94. The lowest BCUT2D eigenvalue weighted by Crippen LogP contribution is -2.50. The Labute approximate surface area is 117 Å². The van der Waals surface area contributed by atoms with Gasteiger partial charge < -0.3 is 4.90 Å². The Bertz CT molecular complexity index is 604. The van der Waals surface area contributed by atoms with E-state index in [4.69, 9.17) is 0 Å². The fraction of sp³-hybridized carbons (Fsp3) is 0.500. The maximum Gasteiger partial charge on any atom is 0.185 e. The molecule has 0 spiro atoms. The topological polar surface area (TPSA) is 3.24 Å². The second kappa shape index (κ2) is 4.20. The zero-order valence-corrected chi connectivity index (χ0v) is 11.8. The summed E-state index contributed by atoms with van der Waals surface area (Å²) in [6, 6.07) is 8.52. The fourth-order valence-electron chi connectivity index (χ4n) is 3.38. The smallest absolute Gasteiger partial charge is 0.185 e. The first-order valence-corrected chi connectivity index (χ1v) is 8.09. The van der Waals surface area contributed by atoms with Crippen molar-refractivity contribution in [1.29, 1.82) is 0 Å². The Hall–Kier alpha value is -1.09. The molecule has 1 saturated carbocycles. The van der Waals surface area contributed by atoms with E-state index in [1.807, 2.05) is 4.90 Å². The van der Waals surface area contributed by atoms with E-state index in [0.29, 0.717) is 6.42 Å². The van der Waals surface area contributed by atoms with Crippen LogP contribution in [0, 0.1) is 5.92 Å². The van der Waals surface area contributed by atoms with Crippen molar-refractivity contribution in [2.24, 2.45) is 5.92 Å². The van der Waals surface area contributed by atoms with Gasteiger partial charge in [-0.25, -0.2) is 4.39 Å². The van der Waals surface area contributed by atoms with Gasteiger partial charge in [0.25, 0.3) is 0 Å². The normalized spacial score (nSPS) is 27.9. The molecule has 4 rings (SSSR count). The highest BCUT2D eigenvalue weighted by Gasteiger charge is 2.51. The molecule has 2 aliphatic rings. The fourth-order valence-corrected chi connectivity index (χ4v) is 4.15. The predicted octanol–water partition coefficient (Wildman–Crippen LogP) is 4.97. The molecule has 1 aromatic heterocycles. The molecule has 0 amide bonds. The van der Waals surface area contributed by atoms with E-state index in [9.17, 15) is 0 Å². The summed E-state index contributed by atoms with van der Waals surface area (Å²) in [4.78, 5) is 2.05. The highest BCUT2D eigenvalue weighted by molar-refractivity contribution is 7.17. The van der Waals surface area contributed by atoms with Gasteiger partial charge in [-0.2, -0.15) is 0 Å². The largest absolute Gasteiger partial charge is 0.339 e. The number of benzene rings is 1. The molecule has 1 aliphatic heterocycles. The van der Waals surface area contributed by atoms with Crippen molar-refractivity contribution in [3.8, 4) is 0 Å². The third-order valence-electron chi connectivity index (χ3n) is 4.56. The molecule has 0 radical (unpaired) electrons. The molecule has 1 unspecified atom stereocenters. The van der Waals surface area contributed by atoms with Crippen LogP contribution >= 0.6 is 11.3 Å². The SMILES string of the molecule is FC1(C2CC2)CCCCN1c1ccc2sccc2c1. The lowest BCUT2D eigenvalue weighted by molar-refractivity contribution is 0.0924. The van der Waals surface area contributed by atoms with Crippen LogP contribution in [0.4, 0.5) is 10.1 Å². The summed E-state index contributed by atoms with van der Waals surface area (Å²) in [5.74, 6) is -0.812. The number of piperidine rings is 1. The average Bonchev–Trinajstić information content (AvgIpc) is 3.18. The van der Waals surface area contributed by atoms with Crippen LogP contribution in [0.5, 0.6) is 0 Å². The van der Waals surface area contributed by atoms with Gasteiger partial charge in [0.2, 0.25) is 0 Å². The third kappa shape index (κ3) is 1.86. The molecule has 2 aromatic rings. The van der Waals surface area contributed by atoms with Crippen molar-refractivity contribution >= 4 is 27.1 Å². The highest BCUT2D eigenvalue weighted by atomic mass is 32.1. The monoisotopic (exact) mass is 275 g/mol. The predicted molar refractivity (Wildman–Crippen MR) is 79.6 cm³/mol. The zero-order chi connectivity index (χ0) is 12.9. The minimum atomic E-state index is -1.08. The molecule has 1 saturated heterocycles. The molecule has 19 heavy (non-hydrogen) atoms. The van der Waals surface area contributed by atoms with Crippen molar-refractivity contribution in [3.05, 3.63) is 29.6 Å². The molecule has 1 aliphatic carbocycles. The van der Waals surface area contributed by atoms with Crippen LogP contribution in [-0.2, 0) is 0 Å². The van der Waals surface area contributed by atoms with Gasteiger partial charge in [0, 0.05) is 29.3 Å². The minimum absolute atomic E-state index is 0.269. The van der Waals surface area contributed by atoms with Gasteiger partial charge in [0.1, 0.15) is 0 Å². The van der Waals surface area contributed by atoms with Crippen molar-refractivity contribution in [3.63, 3.8) is 0 Å². The summed E-state index contributed by atoms with van der Waals surface area (Å²) in [5, 5.41) is 3.35. The summed E-state index contributed by atoms with van der Waals surface area (Å²) in [6.45, 7) is 0.864. The second-order valence-corrected chi connectivity index (χ2v) is 6.79. The first-order chi connectivity index (χ1) is 9.27. The molecule has 3 heteroatoms. The molecule has 1 atom stereocenters. The van der Waals surface area contributed by atoms with Crippen molar-refractivity contribution in [2.75, 3.05) is 11.4 Å². The first-order valence-electron chi connectivity index (χ1n) is 7.21. The molecule has 2 fully saturated rings. The Morgan fingerprint density at radius 1 is 1.21 bits per heavy atom. The Balaban J connectivity index is 1.75. The molecule has 1 aromatic carbocycles. The van der Waals surface area contributed by atoms with Gasteiger partial charge in [-0.3, -0.25) is 0 Å². The zero-order valence-electron chi connectivity index (χ0n) is 10.9. The maximum absolute atomic E-state index is 15.4. The van der Waals surface area contributed by atoms with Crippen LogP contribution in [-0.4, -0.2) is 12.3 Å². The van der Waals surface area contributed by atoms with E-state index in [2.05, 4.69) is 29.6 Å². The van der Waals surface area contributed by atoms with E-state index in [1.54, 1.807) is 11.3 Å². The molecule has 100 valence electrons. The summed E-state index contributed by atoms with van der Waals surface area (Å²) in [6.07, 6.45) is 4.98. The summed E-state index contributed by atoms with van der Waals surface area (Å²) < 4.78 is 16.7. The average molecular weight is 275 g/mol. The quantitative estimate of drug-likeness (QED) is 0.700. The maximum atomic E-state index is 15.4. The number of thiophene rings is 1. The summed E-state index contributed by atoms with van der Waals surface area (Å²) in [7, 11) is 0. The van der Waals surface area contributed by atoms with Gasteiger partial charge >= 0.3 is 0 Å². The number of fused-ring (bicyclic) bond motifs is 1. The third-order valence-corrected chi connectivity index (χ3v) is 5.46. The number of nitrogens with zero attached hydrogens (tertiary/aromatic N) is 1. The van der Waals surface area contributed by atoms with Crippen molar-refractivity contribution < 1.29 is 4.39 Å². The van der Waals surface area contributed by atoms with Crippen LogP contribution in [0.3, 0.4) is 0 Å². The Morgan fingerprint density at radius 3 is 2.95 bits per heavy atom. The van der Waals surface area contributed by atoms with E-state index in [1.165, 1.54) is 10.1 Å². The van der Waals surface area contributed by atoms with Gasteiger partial charge in [-0.05, 0) is 60.7 Å². The number of alkyl halides is 1. The standard InChI is InChI=1S/C16H18FNS/c17-16(13-3-4-13)8-1-2-9-18(16)14-5-6-15-12(11-14)7-10-19-15/h5-7,10-11,13H,1-4,8-9H2. The van der Waals surface area contributed by atoms with E-state index < -0.39 is 5.79 Å². The van der Waals surface area contributed by atoms with E-state index in [0.717, 1.165) is 37.9 Å². The summed E-state index contributed by atoms with van der Waals surface area (Å²) >= 11 is 1.75. The van der Waals surface area contributed by atoms with Crippen molar-refractivity contribution in [2.45, 2.75) is 37.9 Å². The minimum Gasteiger partial charge on any atom is -0.339 e. The van der Waals surface area contributed by atoms with E-state index >= 15 is 4.39 Å². The molecule has 1 nitrogen and oxygen atoms in total. The number of rotatable bonds is 2. The van der Waals surface area contributed by atoms with Crippen LogP contribution in [0.25, 0.3) is 10.1 Å². The Kier molecular flexibility index (Phi) is 2.59. The molecular formula is C16H18FNS. The van der Waals surface area contributed by atoms with E-state index in [-0.39, 0.29) is 5.92 Å². The molecule has 0 N–H and O–H groups in total. The van der Waals surface area contributed by atoms with Crippen LogP contribution in [0.2, 0.25) is 0 Å². The van der Waals surface area contributed by atoms with Gasteiger partial charge in [-0.1, -0.05) is 0 Å². The van der Waals surface area contributed by atoms with Gasteiger partial charge in [0.05, 0.1) is 0 Å². The van der Waals surface area contributed by atoms with Crippen molar-refractivity contribution in [1.82, 2.24) is 0 Å². The first kappa shape index (κ1) is 11.7. The highest BCUT2D eigenvalue weighted by Crippen LogP contribution is 2.50. The number of halogens is 1. The van der Waals surface area contributed by atoms with Crippen LogP contribution in [0.15, 0.2) is 29.6 Å². The number of hydrogen-bond acceptors (Lipinski definition) is 2. The van der Waals surface area contributed by atoms with Crippen LogP contribution in [0.1, 0.15) is 32.1 Å². The van der Waals surface area contributed by atoms with Crippen LogP contribution < -0.4 is 4.90 Å². The molecular weight excluding hydrogens is 257 g/mol. The van der Waals surface area contributed by atoms with Gasteiger partial charge in [0.15, 0.2) is 5.79 Å². The summed E-state index contributed by atoms with van der Waals surface area (Å²) in [5.41, 5.74) is 1.07. The lowest BCUT2D eigenvalue weighted by Gasteiger charge is -2.43. The Morgan fingerprint density at radius 2 is 2.11 bits per heavy atom.